The zero-order valence-electron chi connectivity index (χ0n) is 6.92. The summed E-state index contributed by atoms with van der Waals surface area (Å²) in [6.07, 6.45) is 1.81. The number of aromatic nitrogens is 2. The fourth-order valence-corrected chi connectivity index (χ4v) is 0.883. The van der Waals surface area contributed by atoms with Crippen LogP contribution >= 0.6 is 0 Å². The molecule has 0 amide bonds. The fourth-order valence-electron chi connectivity index (χ4n) is 0.883. The molecular formula is C7H6BF4N2-. The first-order chi connectivity index (χ1) is 6.47. The number of fused-ring (bicyclic) bond motifs is 1. The van der Waals surface area contributed by atoms with Gasteiger partial charge in [-0.25, -0.2) is 0 Å². The first-order valence-electron chi connectivity index (χ1n) is 3.72. The van der Waals surface area contributed by atoms with Gasteiger partial charge in [0.2, 0.25) is 0 Å². The summed E-state index contributed by atoms with van der Waals surface area (Å²) in [6, 6.07) is 8.01. The predicted molar refractivity (Wildman–Crippen MR) is 46.3 cm³/mol. The topological polar surface area (TPSA) is 28.7 Å². The van der Waals surface area contributed by atoms with Crippen LogP contribution in [0.15, 0.2) is 30.5 Å². The second kappa shape index (κ2) is 4.12. The van der Waals surface area contributed by atoms with E-state index in [0.717, 1.165) is 10.9 Å². The Morgan fingerprint density at radius 1 is 1.07 bits per heavy atom. The monoisotopic (exact) mass is 205 g/mol. The van der Waals surface area contributed by atoms with Crippen LogP contribution < -0.4 is 0 Å². The Hall–Kier alpha value is -1.53. The number of aromatic amines is 1. The number of nitrogens with one attached hydrogen (secondary N) is 1. The van der Waals surface area contributed by atoms with Crippen molar-refractivity contribution in [2.45, 2.75) is 0 Å². The minimum Gasteiger partial charge on any atom is -0.418 e. The Bertz CT molecular complexity index is 361. The Kier molecular flexibility index (Phi) is 3.11. The molecule has 0 radical (unpaired) electrons. The van der Waals surface area contributed by atoms with Gasteiger partial charge in [-0.1, -0.05) is 18.2 Å². The van der Waals surface area contributed by atoms with Crippen molar-refractivity contribution in [2.24, 2.45) is 0 Å². The predicted octanol–water partition coefficient (Wildman–Crippen LogP) is 2.86. The highest BCUT2D eigenvalue weighted by atomic mass is 19.5. The van der Waals surface area contributed by atoms with Gasteiger partial charge in [-0.3, -0.25) is 5.10 Å². The summed E-state index contributed by atoms with van der Waals surface area (Å²) >= 11 is 0. The van der Waals surface area contributed by atoms with Crippen molar-refractivity contribution in [1.29, 1.82) is 0 Å². The SMILES string of the molecule is F[B-](F)(F)F.c1ccc2[nH]ncc2c1. The fraction of sp³-hybridized carbons (Fsp3) is 0. The molecule has 0 unspecified atom stereocenters. The molecule has 2 nitrogen and oxygen atoms in total. The van der Waals surface area contributed by atoms with Crippen LogP contribution in [0, 0.1) is 0 Å². The lowest BCUT2D eigenvalue weighted by Gasteiger charge is -1.94. The van der Waals surface area contributed by atoms with Crippen LogP contribution in [0.4, 0.5) is 17.3 Å². The molecule has 0 aliphatic heterocycles. The van der Waals surface area contributed by atoms with Crippen molar-refractivity contribution in [3.05, 3.63) is 30.5 Å². The Balaban J connectivity index is 0.000000171. The maximum absolute atomic E-state index is 9.75. The molecule has 1 N–H and O–H groups in total. The van der Waals surface area contributed by atoms with E-state index in [9.17, 15) is 17.3 Å². The summed E-state index contributed by atoms with van der Waals surface area (Å²) in [7, 11) is -6.00. The standard InChI is InChI=1S/C7H6N2.BF4/c1-2-4-7-6(3-1)5-8-9-7;2-1(3,4)5/h1-5H,(H,8,9);/q;-1. The first-order valence-corrected chi connectivity index (χ1v) is 3.72. The van der Waals surface area contributed by atoms with Gasteiger partial charge in [-0.05, 0) is 6.07 Å². The van der Waals surface area contributed by atoms with E-state index in [4.69, 9.17) is 0 Å². The van der Waals surface area contributed by atoms with Crippen LogP contribution in [0.25, 0.3) is 10.9 Å². The van der Waals surface area contributed by atoms with E-state index < -0.39 is 7.25 Å². The van der Waals surface area contributed by atoms with E-state index in [1.165, 1.54) is 0 Å². The van der Waals surface area contributed by atoms with Gasteiger partial charge in [-0.15, -0.1) is 0 Å². The zero-order chi connectivity index (χ0) is 10.6. The van der Waals surface area contributed by atoms with Crippen LogP contribution in [-0.2, 0) is 0 Å². The van der Waals surface area contributed by atoms with Crippen molar-refractivity contribution in [3.63, 3.8) is 0 Å². The lowest BCUT2D eigenvalue weighted by Crippen LogP contribution is -2.02. The van der Waals surface area contributed by atoms with E-state index >= 15 is 0 Å². The first kappa shape index (κ1) is 10.6. The number of hydrogen-bond donors (Lipinski definition) is 1. The average molecular weight is 205 g/mol. The van der Waals surface area contributed by atoms with Crippen LogP contribution in [0.1, 0.15) is 0 Å². The molecule has 0 saturated carbocycles. The number of nitrogens with zero attached hydrogens (tertiary/aromatic N) is 1. The normalized spacial score (nSPS) is 10.9. The summed E-state index contributed by atoms with van der Waals surface area (Å²) in [6.45, 7) is 0. The van der Waals surface area contributed by atoms with Crippen LogP contribution in [0.5, 0.6) is 0 Å². The summed E-state index contributed by atoms with van der Waals surface area (Å²) in [5.41, 5.74) is 1.09. The van der Waals surface area contributed by atoms with Gasteiger partial charge in [-0.2, -0.15) is 5.10 Å². The van der Waals surface area contributed by atoms with E-state index in [-0.39, 0.29) is 0 Å². The van der Waals surface area contributed by atoms with Gasteiger partial charge in [0.1, 0.15) is 0 Å². The molecule has 0 aliphatic carbocycles. The molecule has 0 saturated heterocycles. The Labute approximate surface area is 77.0 Å². The minimum absolute atomic E-state index is 1.09. The number of hydrogen-bond acceptors (Lipinski definition) is 1. The third-order valence-corrected chi connectivity index (χ3v) is 1.35. The van der Waals surface area contributed by atoms with Gasteiger partial charge in [0.15, 0.2) is 0 Å². The molecule has 0 bridgehead atoms. The quantitative estimate of drug-likeness (QED) is 0.519. The van der Waals surface area contributed by atoms with Crippen LogP contribution in [-0.4, -0.2) is 17.5 Å². The van der Waals surface area contributed by atoms with Gasteiger partial charge < -0.3 is 17.3 Å². The van der Waals surface area contributed by atoms with Crippen molar-refractivity contribution < 1.29 is 17.3 Å². The van der Waals surface area contributed by atoms with Gasteiger partial charge in [0, 0.05) is 5.39 Å². The van der Waals surface area contributed by atoms with Crippen molar-refractivity contribution >= 4 is 18.2 Å². The second-order valence-corrected chi connectivity index (χ2v) is 2.45. The second-order valence-electron chi connectivity index (χ2n) is 2.45. The average Bonchev–Trinajstić information content (AvgIpc) is 2.47. The van der Waals surface area contributed by atoms with Crippen LogP contribution in [0.3, 0.4) is 0 Å². The third kappa shape index (κ3) is 3.93. The molecule has 14 heavy (non-hydrogen) atoms. The number of rotatable bonds is 0. The summed E-state index contributed by atoms with van der Waals surface area (Å²) in [4.78, 5) is 0. The highest BCUT2D eigenvalue weighted by Crippen LogP contribution is 2.07. The van der Waals surface area contributed by atoms with Crippen molar-refractivity contribution in [2.75, 3.05) is 0 Å². The number of H-pyrrole nitrogens is 1. The number of halogens is 4. The van der Waals surface area contributed by atoms with Crippen molar-refractivity contribution in [1.82, 2.24) is 10.2 Å². The highest BCUT2D eigenvalue weighted by molar-refractivity contribution is 6.50. The molecule has 0 aliphatic rings. The highest BCUT2D eigenvalue weighted by Gasteiger charge is 2.20. The van der Waals surface area contributed by atoms with Crippen molar-refractivity contribution in [3.8, 4) is 0 Å². The summed E-state index contributed by atoms with van der Waals surface area (Å²) in [5.74, 6) is 0. The molecule has 2 rings (SSSR count). The molecule has 0 spiro atoms. The molecule has 0 atom stereocenters. The summed E-state index contributed by atoms with van der Waals surface area (Å²) < 4.78 is 39.0. The molecule has 0 fully saturated rings. The largest absolute Gasteiger partial charge is 0.673 e. The van der Waals surface area contributed by atoms with Gasteiger partial charge >= 0.3 is 7.25 Å². The minimum atomic E-state index is -6.00. The van der Waals surface area contributed by atoms with Crippen LogP contribution in [0.2, 0.25) is 0 Å². The molecular weight excluding hydrogens is 199 g/mol. The van der Waals surface area contributed by atoms with Gasteiger partial charge in [0.05, 0.1) is 11.7 Å². The Morgan fingerprint density at radius 3 is 2.21 bits per heavy atom. The lowest BCUT2D eigenvalue weighted by atomic mass is 10.3. The van der Waals surface area contributed by atoms with E-state index in [0.29, 0.717) is 0 Å². The van der Waals surface area contributed by atoms with E-state index in [1.807, 2.05) is 30.5 Å². The number of benzene rings is 1. The molecule has 76 valence electrons. The van der Waals surface area contributed by atoms with Gasteiger partial charge in [0.25, 0.3) is 0 Å². The molecule has 1 aromatic heterocycles. The molecule has 1 aromatic carbocycles. The molecule has 2 aromatic rings. The van der Waals surface area contributed by atoms with E-state index in [1.54, 1.807) is 0 Å². The lowest BCUT2D eigenvalue weighted by molar-refractivity contribution is 0.368. The maximum atomic E-state index is 9.75. The molecule has 1 heterocycles. The third-order valence-electron chi connectivity index (χ3n) is 1.35. The number of para-hydroxylation sites is 1. The van der Waals surface area contributed by atoms with E-state index in [2.05, 4.69) is 10.2 Å². The maximum Gasteiger partial charge on any atom is 0.673 e. The smallest absolute Gasteiger partial charge is 0.418 e. The zero-order valence-corrected chi connectivity index (χ0v) is 6.92. The molecule has 7 heteroatoms. The summed E-state index contributed by atoms with van der Waals surface area (Å²) in [5, 5.41) is 7.91. The Morgan fingerprint density at radius 2 is 1.64 bits per heavy atom.